The first-order valence-electron chi connectivity index (χ1n) is 10.7. The highest BCUT2D eigenvalue weighted by molar-refractivity contribution is 7.86. The Labute approximate surface area is 203 Å². The molecule has 1 aliphatic rings. The fourth-order valence-corrected chi connectivity index (χ4v) is 6.10. The van der Waals surface area contributed by atoms with Gasteiger partial charge in [-0.3, -0.25) is 9.11 Å². The Bertz CT molecular complexity index is 1470. The zero-order chi connectivity index (χ0) is 24.3. The van der Waals surface area contributed by atoms with Gasteiger partial charge in [-0.25, -0.2) is 0 Å². The number of hydrogen-bond donors (Lipinski definition) is 2. The molecular weight excluding hydrogens is 496 g/mol. The third-order valence-electron chi connectivity index (χ3n) is 5.46. The minimum absolute atomic E-state index is 0.286. The molecule has 0 saturated heterocycles. The van der Waals surface area contributed by atoms with Gasteiger partial charge in [0, 0.05) is 42.6 Å². The smallest absolute Gasteiger partial charge is 0.265 e. The van der Waals surface area contributed by atoms with Crippen molar-refractivity contribution in [1.82, 2.24) is 0 Å². The van der Waals surface area contributed by atoms with Gasteiger partial charge in [0.1, 0.15) is 4.70 Å². The van der Waals surface area contributed by atoms with Crippen LogP contribution in [0, 0.1) is 0 Å². The molecule has 34 heavy (non-hydrogen) atoms. The van der Waals surface area contributed by atoms with Gasteiger partial charge in [0.05, 0.1) is 11.5 Å². The summed E-state index contributed by atoms with van der Waals surface area (Å²) in [6, 6.07) is 15.7. The fraction of sp³-hybridized carbons (Fsp3) is 0.261. The third kappa shape index (κ3) is 6.10. The van der Waals surface area contributed by atoms with E-state index in [0.29, 0.717) is 19.5 Å². The lowest BCUT2D eigenvalue weighted by Gasteiger charge is -2.27. The number of anilines is 1. The van der Waals surface area contributed by atoms with E-state index >= 15 is 0 Å². The van der Waals surface area contributed by atoms with Crippen molar-refractivity contribution in [3.05, 3.63) is 71.4 Å². The number of nitrogens with zero attached hydrogens (tertiary/aromatic N) is 2. The van der Waals surface area contributed by atoms with Crippen molar-refractivity contribution in [3.8, 4) is 0 Å². The molecule has 0 spiro atoms. The summed E-state index contributed by atoms with van der Waals surface area (Å²) in [4.78, 5) is 1.96. The molecule has 0 atom stereocenters. The Morgan fingerprint density at radius 1 is 0.912 bits per heavy atom. The topological polar surface area (TPSA) is 116 Å². The molecule has 3 aromatic rings. The maximum absolute atomic E-state index is 11.2. The van der Waals surface area contributed by atoms with E-state index in [9.17, 15) is 16.8 Å². The molecule has 2 aromatic carbocycles. The molecule has 0 unspecified atom stereocenters. The zero-order valence-electron chi connectivity index (χ0n) is 18.2. The van der Waals surface area contributed by atoms with Crippen LogP contribution in [0.5, 0.6) is 0 Å². The normalized spacial score (nSPS) is 15.2. The summed E-state index contributed by atoms with van der Waals surface area (Å²) in [6.07, 6.45) is 6.49. The van der Waals surface area contributed by atoms with E-state index in [1.807, 2.05) is 65.7 Å². The first-order valence-corrected chi connectivity index (χ1v) is 14.7. The van der Waals surface area contributed by atoms with Crippen LogP contribution in [0.4, 0.5) is 5.69 Å². The van der Waals surface area contributed by atoms with E-state index in [2.05, 4.69) is 10.6 Å². The van der Waals surface area contributed by atoms with Gasteiger partial charge in [-0.1, -0.05) is 41.7 Å². The van der Waals surface area contributed by atoms with Crippen molar-refractivity contribution >= 4 is 59.1 Å². The van der Waals surface area contributed by atoms with Crippen LogP contribution in [-0.4, -0.2) is 44.0 Å². The molecule has 0 aliphatic carbocycles. The van der Waals surface area contributed by atoms with Crippen LogP contribution >= 0.6 is 11.3 Å². The first-order chi connectivity index (χ1) is 16.1. The van der Waals surface area contributed by atoms with E-state index in [1.54, 1.807) is 11.3 Å². The van der Waals surface area contributed by atoms with Gasteiger partial charge in [-0.05, 0) is 30.2 Å². The molecule has 8 nitrogen and oxygen atoms in total. The molecule has 1 aromatic heterocycles. The van der Waals surface area contributed by atoms with E-state index in [4.69, 9.17) is 9.11 Å². The van der Waals surface area contributed by atoms with E-state index in [-0.39, 0.29) is 17.9 Å². The van der Waals surface area contributed by atoms with Crippen LogP contribution in [0.3, 0.4) is 0 Å². The summed E-state index contributed by atoms with van der Waals surface area (Å²) in [5, 5.41) is 0.950. The summed E-state index contributed by atoms with van der Waals surface area (Å²) < 4.78 is 65.8. The Balaban J connectivity index is 1.67. The van der Waals surface area contributed by atoms with Crippen molar-refractivity contribution in [3.63, 3.8) is 0 Å². The van der Waals surface area contributed by atoms with Crippen molar-refractivity contribution in [2.24, 2.45) is 0 Å². The monoisotopic (exact) mass is 521 g/mol. The Kier molecular flexibility index (Phi) is 7.20. The van der Waals surface area contributed by atoms with Crippen molar-refractivity contribution in [2.45, 2.75) is 19.4 Å². The molecule has 4 rings (SSSR count). The van der Waals surface area contributed by atoms with Crippen LogP contribution < -0.4 is 9.47 Å². The van der Waals surface area contributed by atoms with E-state index in [0.717, 1.165) is 32.0 Å². The number of aromatic nitrogens is 1. The van der Waals surface area contributed by atoms with Gasteiger partial charge in [-0.15, -0.1) is 0 Å². The zero-order valence-corrected chi connectivity index (χ0v) is 20.7. The van der Waals surface area contributed by atoms with Crippen LogP contribution in [0.1, 0.15) is 23.4 Å². The number of thiazole rings is 1. The molecule has 1 aliphatic heterocycles. The number of aryl methyl sites for hydroxylation is 1. The summed E-state index contributed by atoms with van der Waals surface area (Å²) in [5.74, 6) is -0.602. The van der Waals surface area contributed by atoms with Gasteiger partial charge in [0.25, 0.3) is 25.2 Å². The van der Waals surface area contributed by atoms with Gasteiger partial charge in [-0.2, -0.15) is 21.4 Å². The largest absolute Gasteiger partial charge is 0.347 e. The molecule has 0 bridgehead atoms. The van der Waals surface area contributed by atoms with Crippen molar-refractivity contribution in [1.29, 1.82) is 0 Å². The average molecular weight is 522 g/mol. The first kappa shape index (κ1) is 24.6. The van der Waals surface area contributed by atoms with Crippen LogP contribution in [-0.2, 0) is 26.8 Å². The highest BCUT2D eigenvalue weighted by Crippen LogP contribution is 2.35. The van der Waals surface area contributed by atoms with Crippen LogP contribution in [0.2, 0.25) is 0 Å². The van der Waals surface area contributed by atoms with Gasteiger partial charge < -0.3 is 4.90 Å². The van der Waals surface area contributed by atoms with Crippen molar-refractivity contribution < 1.29 is 30.5 Å². The molecule has 0 fully saturated rings. The second-order valence-electron chi connectivity index (χ2n) is 7.96. The molecule has 11 heteroatoms. The fourth-order valence-electron chi connectivity index (χ4n) is 3.98. The molecular formula is C23H25N2O6S3+. The van der Waals surface area contributed by atoms with Crippen molar-refractivity contribution in [2.75, 3.05) is 23.0 Å². The predicted molar refractivity (Wildman–Crippen MR) is 135 cm³/mol. The highest BCUT2D eigenvalue weighted by atomic mass is 32.2. The molecule has 2 heterocycles. The lowest BCUT2D eigenvalue weighted by atomic mass is 9.99. The quantitative estimate of drug-likeness (QED) is 0.326. The van der Waals surface area contributed by atoms with Crippen LogP contribution in [0.25, 0.3) is 21.9 Å². The number of rotatable bonds is 9. The minimum Gasteiger partial charge on any atom is -0.347 e. The minimum atomic E-state index is -4.03. The lowest BCUT2D eigenvalue weighted by Crippen LogP contribution is -2.36. The van der Waals surface area contributed by atoms with E-state index in [1.165, 1.54) is 0 Å². The standard InChI is InChI=1S/C23H24N2O6S3/c26-33(27,28)15-5-12-24-14-11-18(19-7-1-2-8-20(19)24)17-23-25(13-6-16-34(29,30)31)21-9-3-4-10-22(21)32-23/h1-4,7-11,14,17H,5-6,12-13,15-16H2,(H-,26,27,28,29,30,31)/p+1. The van der Waals surface area contributed by atoms with Gasteiger partial charge in [0.15, 0.2) is 6.54 Å². The number of fused-ring (bicyclic) bond motifs is 2. The second kappa shape index (κ2) is 9.96. The molecule has 2 N–H and O–H groups in total. The highest BCUT2D eigenvalue weighted by Gasteiger charge is 2.22. The predicted octanol–water partition coefficient (Wildman–Crippen LogP) is 3.62. The Hall–Kier alpha value is -2.57. The number of benzene rings is 2. The molecule has 0 amide bonds. The average Bonchev–Trinajstić information content (AvgIpc) is 3.11. The summed E-state index contributed by atoms with van der Waals surface area (Å²) in [5.41, 5.74) is 3.88. The molecule has 0 saturated carbocycles. The van der Waals surface area contributed by atoms with E-state index < -0.39 is 20.2 Å². The molecule has 180 valence electrons. The number of hydrogen-bond acceptors (Lipinski definition) is 6. The maximum atomic E-state index is 11.2. The van der Waals surface area contributed by atoms with Gasteiger partial charge in [0.2, 0.25) is 5.52 Å². The van der Waals surface area contributed by atoms with Gasteiger partial charge >= 0.3 is 0 Å². The number of allylic oxidation sites excluding steroid dienone is 2. The summed E-state index contributed by atoms with van der Waals surface area (Å²) in [7, 11) is -8.03. The van der Waals surface area contributed by atoms with Crippen LogP contribution in [0.15, 0.2) is 60.8 Å². The second-order valence-corrected chi connectivity index (χ2v) is 12.2. The Morgan fingerprint density at radius 3 is 2.35 bits per heavy atom. The number of para-hydroxylation sites is 2. The maximum Gasteiger partial charge on any atom is 0.265 e. The summed E-state index contributed by atoms with van der Waals surface area (Å²) in [6.45, 7) is 0.884. The summed E-state index contributed by atoms with van der Waals surface area (Å²) >= 11 is 1.60. The SMILES string of the molecule is O=S(=O)(O)CCCN1C=C/C(=C\c2sc3ccccc3[n+]2CCCS(=O)(=O)O)c2ccccc21. The third-order valence-corrected chi connectivity index (χ3v) is 8.18. The Morgan fingerprint density at radius 2 is 1.59 bits per heavy atom. The lowest BCUT2D eigenvalue weighted by molar-refractivity contribution is -0.668. The molecule has 0 radical (unpaired) electrons.